The zero-order valence-corrected chi connectivity index (χ0v) is 15.0. The lowest BCUT2D eigenvalue weighted by molar-refractivity contribution is 0.112. The molecule has 0 radical (unpaired) electrons. The highest BCUT2D eigenvalue weighted by Gasteiger charge is 2.36. The summed E-state index contributed by atoms with van der Waals surface area (Å²) in [5, 5.41) is 3.78. The molecule has 2 heteroatoms. The predicted octanol–water partition coefficient (Wildman–Crippen LogP) is 4.16. The van der Waals surface area contributed by atoms with Crippen molar-refractivity contribution >= 4 is 0 Å². The van der Waals surface area contributed by atoms with Crippen molar-refractivity contribution in [1.82, 2.24) is 10.2 Å². The zero-order valence-electron chi connectivity index (χ0n) is 15.0. The quantitative estimate of drug-likeness (QED) is 0.758. The van der Waals surface area contributed by atoms with Crippen molar-refractivity contribution in [3.8, 4) is 0 Å². The average Bonchev–Trinajstić information content (AvgIpc) is 2.88. The molecule has 1 saturated heterocycles. The van der Waals surface area contributed by atoms with Crippen molar-refractivity contribution in [1.29, 1.82) is 0 Å². The number of nitrogens with one attached hydrogen (secondary N) is 1. The molecule has 0 aromatic heterocycles. The SMILES string of the molecule is CC(C)CNCC1(CN2CCC(C(C)C)C2)CCCCC1. The molecule has 0 amide bonds. The Morgan fingerprint density at radius 3 is 2.38 bits per heavy atom. The van der Waals surface area contributed by atoms with Crippen LogP contribution >= 0.6 is 0 Å². The summed E-state index contributed by atoms with van der Waals surface area (Å²) < 4.78 is 0. The molecule has 1 saturated carbocycles. The van der Waals surface area contributed by atoms with Gasteiger partial charge in [0, 0.05) is 19.6 Å². The highest BCUT2D eigenvalue weighted by atomic mass is 15.2. The Morgan fingerprint density at radius 1 is 1.10 bits per heavy atom. The van der Waals surface area contributed by atoms with E-state index in [0.717, 1.165) is 17.8 Å². The van der Waals surface area contributed by atoms with Gasteiger partial charge in [0.15, 0.2) is 0 Å². The number of nitrogens with zero attached hydrogens (tertiary/aromatic N) is 1. The van der Waals surface area contributed by atoms with Gasteiger partial charge in [-0.3, -0.25) is 0 Å². The molecule has 0 bridgehead atoms. The van der Waals surface area contributed by atoms with E-state index in [0.29, 0.717) is 5.41 Å². The van der Waals surface area contributed by atoms with Crippen LogP contribution in [-0.4, -0.2) is 37.6 Å². The Kier molecular flexibility index (Phi) is 6.55. The van der Waals surface area contributed by atoms with Crippen LogP contribution < -0.4 is 5.32 Å². The van der Waals surface area contributed by atoms with Crippen LogP contribution in [0.4, 0.5) is 0 Å². The molecule has 2 fully saturated rings. The number of rotatable bonds is 7. The van der Waals surface area contributed by atoms with Gasteiger partial charge in [0.1, 0.15) is 0 Å². The fraction of sp³-hybridized carbons (Fsp3) is 1.00. The van der Waals surface area contributed by atoms with Crippen LogP contribution in [0.5, 0.6) is 0 Å². The van der Waals surface area contributed by atoms with E-state index in [1.807, 2.05) is 0 Å². The molecule has 0 aromatic rings. The van der Waals surface area contributed by atoms with Crippen LogP contribution in [0, 0.1) is 23.2 Å². The molecule has 2 nitrogen and oxygen atoms in total. The van der Waals surface area contributed by atoms with E-state index < -0.39 is 0 Å². The first-order valence-corrected chi connectivity index (χ1v) is 9.44. The highest BCUT2D eigenvalue weighted by Crippen LogP contribution is 2.38. The van der Waals surface area contributed by atoms with E-state index in [2.05, 4.69) is 37.9 Å². The van der Waals surface area contributed by atoms with E-state index in [9.17, 15) is 0 Å². The maximum Gasteiger partial charge on any atom is 0.00503 e. The molecule has 1 aliphatic carbocycles. The third-order valence-corrected chi connectivity index (χ3v) is 5.78. The van der Waals surface area contributed by atoms with Gasteiger partial charge in [0.25, 0.3) is 0 Å². The minimum absolute atomic E-state index is 0.568. The van der Waals surface area contributed by atoms with Gasteiger partial charge in [-0.1, -0.05) is 47.0 Å². The fourth-order valence-electron chi connectivity index (χ4n) is 4.34. The van der Waals surface area contributed by atoms with Crippen molar-refractivity contribution in [2.45, 2.75) is 66.2 Å². The van der Waals surface area contributed by atoms with Crippen molar-refractivity contribution in [2.24, 2.45) is 23.2 Å². The van der Waals surface area contributed by atoms with Crippen molar-refractivity contribution in [3.63, 3.8) is 0 Å². The number of likely N-dealkylation sites (tertiary alicyclic amines) is 1. The molecule has 21 heavy (non-hydrogen) atoms. The van der Waals surface area contributed by atoms with Gasteiger partial charge >= 0.3 is 0 Å². The molecule has 1 N–H and O–H groups in total. The molecule has 1 atom stereocenters. The summed E-state index contributed by atoms with van der Waals surface area (Å²) in [6.45, 7) is 15.9. The van der Waals surface area contributed by atoms with E-state index >= 15 is 0 Å². The Labute approximate surface area is 133 Å². The monoisotopic (exact) mass is 294 g/mol. The second kappa shape index (κ2) is 7.97. The van der Waals surface area contributed by atoms with Crippen LogP contribution in [0.2, 0.25) is 0 Å². The molecule has 1 unspecified atom stereocenters. The van der Waals surface area contributed by atoms with Crippen LogP contribution in [0.25, 0.3) is 0 Å². The Hall–Kier alpha value is -0.0800. The fourth-order valence-corrected chi connectivity index (χ4v) is 4.34. The largest absolute Gasteiger partial charge is 0.316 e. The number of hydrogen-bond donors (Lipinski definition) is 1. The molecule has 0 spiro atoms. The standard InChI is InChI=1S/C19H38N2/c1-16(2)12-20-14-19(9-6-5-7-10-19)15-21-11-8-18(13-21)17(3)4/h16-18,20H,5-15H2,1-4H3. The molecule has 1 heterocycles. The first-order valence-electron chi connectivity index (χ1n) is 9.44. The summed E-state index contributed by atoms with van der Waals surface area (Å²) in [4.78, 5) is 2.78. The lowest BCUT2D eigenvalue weighted by atomic mass is 9.73. The Morgan fingerprint density at radius 2 is 1.81 bits per heavy atom. The third kappa shape index (κ3) is 5.25. The third-order valence-electron chi connectivity index (χ3n) is 5.78. The van der Waals surface area contributed by atoms with Gasteiger partial charge in [-0.15, -0.1) is 0 Å². The topological polar surface area (TPSA) is 15.3 Å². The van der Waals surface area contributed by atoms with E-state index in [1.165, 1.54) is 71.2 Å². The lowest BCUT2D eigenvalue weighted by Crippen LogP contribution is -2.45. The van der Waals surface area contributed by atoms with Crippen molar-refractivity contribution < 1.29 is 0 Å². The van der Waals surface area contributed by atoms with E-state index in [-0.39, 0.29) is 0 Å². The summed E-state index contributed by atoms with van der Waals surface area (Å²) in [6, 6.07) is 0. The van der Waals surface area contributed by atoms with Gasteiger partial charge < -0.3 is 10.2 Å². The van der Waals surface area contributed by atoms with E-state index in [4.69, 9.17) is 0 Å². The molecule has 0 aromatic carbocycles. The Balaban J connectivity index is 1.87. The van der Waals surface area contributed by atoms with Crippen LogP contribution in [0.3, 0.4) is 0 Å². The first-order chi connectivity index (χ1) is 10.0. The minimum atomic E-state index is 0.568. The second-order valence-electron chi connectivity index (χ2n) is 8.61. The van der Waals surface area contributed by atoms with Crippen LogP contribution in [0.15, 0.2) is 0 Å². The van der Waals surface area contributed by atoms with Crippen molar-refractivity contribution in [3.05, 3.63) is 0 Å². The molecule has 2 rings (SSSR count). The van der Waals surface area contributed by atoms with Gasteiger partial charge in [-0.2, -0.15) is 0 Å². The molecule has 2 aliphatic rings. The van der Waals surface area contributed by atoms with E-state index in [1.54, 1.807) is 0 Å². The molecular weight excluding hydrogens is 256 g/mol. The molecule has 124 valence electrons. The van der Waals surface area contributed by atoms with Crippen LogP contribution in [0.1, 0.15) is 66.2 Å². The number of hydrogen-bond acceptors (Lipinski definition) is 2. The normalized spacial score (nSPS) is 26.9. The highest BCUT2D eigenvalue weighted by molar-refractivity contribution is 4.90. The van der Waals surface area contributed by atoms with Gasteiger partial charge in [-0.05, 0) is 55.5 Å². The predicted molar refractivity (Wildman–Crippen MR) is 92.6 cm³/mol. The molecular formula is C19H38N2. The first kappa shape index (κ1) is 17.3. The summed E-state index contributed by atoms with van der Waals surface area (Å²) >= 11 is 0. The molecule has 1 aliphatic heterocycles. The summed E-state index contributed by atoms with van der Waals surface area (Å²) in [6.07, 6.45) is 8.67. The summed E-state index contributed by atoms with van der Waals surface area (Å²) in [5.74, 6) is 2.56. The summed E-state index contributed by atoms with van der Waals surface area (Å²) in [7, 11) is 0. The lowest BCUT2D eigenvalue weighted by Gasteiger charge is -2.41. The minimum Gasteiger partial charge on any atom is -0.316 e. The smallest absolute Gasteiger partial charge is 0.00503 e. The van der Waals surface area contributed by atoms with Gasteiger partial charge in [0.2, 0.25) is 0 Å². The summed E-state index contributed by atoms with van der Waals surface area (Å²) in [5.41, 5.74) is 0.568. The maximum absolute atomic E-state index is 3.78. The zero-order chi connectivity index (χ0) is 15.3. The van der Waals surface area contributed by atoms with Gasteiger partial charge in [0.05, 0.1) is 0 Å². The van der Waals surface area contributed by atoms with Crippen LogP contribution in [-0.2, 0) is 0 Å². The Bertz CT molecular complexity index is 292. The van der Waals surface area contributed by atoms with Crippen molar-refractivity contribution in [2.75, 3.05) is 32.7 Å². The average molecular weight is 295 g/mol. The maximum atomic E-state index is 3.78. The van der Waals surface area contributed by atoms with Gasteiger partial charge in [-0.25, -0.2) is 0 Å². The second-order valence-corrected chi connectivity index (χ2v) is 8.61.